The zero-order chi connectivity index (χ0) is 17.0. The number of quaternary nitrogens is 1. The van der Waals surface area contributed by atoms with Crippen LogP contribution in [0.4, 0.5) is 0 Å². The Balaban J connectivity index is 1.92. The highest BCUT2D eigenvalue weighted by Crippen LogP contribution is 2.20. The monoisotopic (exact) mass is 325 g/mol. The summed E-state index contributed by atoms with van der Waals surface area (Å²) in [6.07, 6.45) is 17.4. The van der Waals surface area contributed by atoms with Gasteiger partial charge in [0.05, 0.1) is 13.6 Å². The van der Waals surface area contributed by atoms with Crippen molar-refractivity contribution in [2.45, 2.75) is 104 Å². The highest BCUT2D eigenvalue weighted by atomic mass is 16.3. The van der Waals surface area contributed by atoms with Crippen molar-refractivity contribution in [1.29, 1.82) is 0 Å². The molecule has 0 aromatic rings. The van der Waals surface area contributed by atoms with Crippen molar-refractivity contribution >= 4 is 5.84 Å². The van der Waals surface area contributed by atoms with Gasteiger partial charge >= 0.3 is 0 Å². The molecule has 1 aliphatic heterocycles. The third-order valence-electron chi connectivity index (χ3n) is 5.53. The summed E-state index contributed by atoms with van der Waals surface area (Å²) in [5.41, 5.74) is 0. The predicted molar refractivity (Wildman–Crippen MR) is 101 cm³/mol. The van der Waals surface area contributed by atoms with Crippen molar-refractivity contribution in [3.05, 3.63) is 0 Å². The van der Waals surface area contributed by atoms with Crippen molar-refractivity contribution in [3.8, 4) is 0 Å². The van der Waals surface area contributed by atoms with Gasteiger partial charge in [-0.15, -0.1) is 0 Å². The highest BCUT2D eigenvalue weighted by molar-refractivity contribution is 5.76. The number of aliphatic imine (C=N–C) groups is 1. The molecule has 0 aromatic carbocycles. The number of aliphatic hydroxyl groups is 1. The van der Waals surface area contributed by atoms with Gasteiger partial charge in [0.25, 0.3) is 0 Å². The van der Waals surface area contributed by atoms with Crippen LogP contribution in [0.3, 0.4) is 0 Å². The molecule has 1 N–H and O–H groups in total. The Morgan fingerprint density at radius 3 is 1.87 bits per heavy atom. The van der Waals surface area contributed by atoms with Crippen LogP contribution in [0.5, 0.6) is 0 Å². The van der Waals surface area contributed by atoms with Gasteiger partial charge in [-0.05, 0) is 6.42 Å². The maximum Gasteiger partial charge on any atom is 0.200 e. The molecule has 0 radical (unpaired) electrons. The van der Waals surface area contributed by atoms with Gasteiger partial charge in [-0.1, -0.05) is 77.6 Å². The second kappa shape index (κ2) is 12.0. The van der Waals surface area contributed by atoms with E-state index in [-0.39, 0.29) is 6.23 Å². The van der Waals surface area contributed by atoms with Gasteiger partial charge in [0, 0.05) is 13.3 Å². The molecule has 1 rings (SSSR count). The third-order valence-corrected chi connectivity index (χ3v) is 5.53. The lowest BCUT2D eigenvalue weighted by Crippen LogP contribution is -2.53. The Hall–Kier alpha value is -0.410. The molecule has 0 fully saturated rings. The van der Waals surface area contributed by atoms with Crippen LogP contribution < -0.4 is 0 Å². The Morgan fingerprint density at radius 1 is 0.913 bits per heavy atom. The van der Waals surface area contributed by atoms with Crippen molar-refractivity contribution in [3.63, 3.8) is 0 Å². The van der Waals surface area contributed by atoms with E-state index in [0.717, 1.165) is 19.5 Å². The van der Waals surface area contributed by atoms with Crippen molar-refractivity contribution in [1.82, 2.24) is 0 Å². The summed E-state index contributed by atoms with van der Waals surface area (Å²) in [6, 6.07) is 0. The Morgan fingerprint density at radius 2 is 1.39 bits per heavy atom. The number of amidine groups is 1. The van der Waals surface area contributed by atoms with Crippen LogP contribution in [0.1, 0.15) is 97.3 Å². The van der Waals surface area contributed by atoms with Gasteiger partial charge in [0.1, 0.15) is 6.54 Å². The maximum absolute atomic E-state index is 9.96. The predicted octanol–water partition coefficient (Wildman–Crippen LogP) is 5.27. The Bertz CT molecular complexity index is 328. The van der Waals surface area contributed by atoms with Crippen LogP contribution >= 0.6 is 0 Å². The molecule has 0 amide bonds. The number of aliphatic hydroxyl groups excluding tert-OH is 1. The normalized spacial score (nSPS) is 22.3. The number of hydrogen-bond acceptors (Lipinski definition) is 2. The van der Waals surface area contributed by atoms with Gasteiger partial charge in [0.15, 0.2) is 12.1 Å². The molecule has 2 atom stereocenters. The van der Waals surface area contributed by atoms with E-state index in [1.165, 1.54) is 82.9 Å². The lowest BCUT2D eigenvalue weighted by atomic mass is 10.0. The standard InChI is InChI=1S/C20H41N2O/c1-4-5-6-7-8-9-10-11-12-13-14-15-16-20-21-17-18-22(20,3)19(2)23/h19,23H,4-18H2,1-3H3/q+1. The van der Waals surface area contributed by atoms with E-state index in [1.807, 2.05) is 6.92 Å². The van der Waals surface area contributed by atoms with Crippen molar-refractivity contribution in [2.75, 3.05) is 20.1 Å². The molecule has 3 nitrogen and oxygen atoms in total. The van der Waals surface area contributed by atoms with E-state index in [2.05, 4.69) is 19.0 Å². The second-order valence-electron chi connectivity index (χ2n) is 7.56. The SMILES string of the molecule is CCCCCCCCCCCCCCC1=NCC[N+]1(C)C(C)O. The summed E-state index contributed by atoms with van der Waals surface area (Å²) < 4.78 is 0.651. The van der Waals surface area contributed by atoms with E-state index < -0.39 is 0 Å². The van der Waals surface area contributed by atoms with Gasteiger partial charge in [0.2, 0.25) is 0 Å². The van der Waals surface area contributed by atoms with E-state index in [0.29, 0.717) is 4.48 Å². The lowest BCUT2D eigenvalue weighted by Gasteiger charge is -2.32. The summed E-state index contributed by atoms with van der Waals surface area (Å²) in [7, 11) is 2.12. The first-order valence-electron chi connectivity index (χ1n) is 10.2. The Labute approximate surface area is 144 Å². The lowest BCUT2D eigenvalue weighted by molar-refractivity contribution is -0.865. The summed E-state index contributed by atoms with van der Waals surface area (Å²) in [6.45, 7) is 6.02. The zero-order valence-electron chi connectivity index (χ0n) is 16.0. The smallest absolute Gasteiger partial charge is 0.200 e. The molecule has 2 unspecified atom stereocenters. The highest BCUT2D eigenvalue weighted by Gasteiger charge is 2.37. The van der Waals surface area contributed by atoms with Crippen molar-refractivity contribution < 1.29 is 9.59 Å². The first-order valence-corrected chi connectivity index (χ1v) is 10.2. The first-order chi connectivity index (χ1) is 11.1. The first kappa shape index (κ1) is 20.6. The molecule has 0 aliphatic carbocycles. The molecule has 0 saturated heterocycles. The van der Waals surface area contributed by atoms with Crippen molar-refractivity contribution in [2.24, 2.45) is 4.99 Å². The fraction of sp³-hybridized carbons (Fsp3) is 0.950. The molecule has 1 aliphatic rings. The number of nitrogens with zero attached hydrogens (tertiary/aromatic N) is 2. The molecule has 1 heterocycles. The fourth-order valence-corrected chi connectivity index (χ4v) is 3.54. The van der Waals surface area contributed by atoms with Crippen LogP contribution in [0.25, 0.3) is 0 Å². The van der Waals surface area contributed by atoms with Crippen LogP contribution in [0, 0.1) is 0 Å². The topological polar surface area (TPSA) is 32.6 Å². The summed E-state index contributed by atoms with van der Waals surface area (Å²) in [4.78, 5) is 4.63. The van der Waals surface area contributed by atoms with Gasteiger partial charge in [-0.2, -0.15) is 0 Å². The van der Waals surface area contributed by atoms with Crippen LogP contribution in [0.2, 0.25) is 0 Å². The van der Waals surface area contributed by atoms with E-state index >= 15 is 0 Å². The van der Waals surface area contributed by atoms with E-state index in [9.17, 15) is 5.11 Å². The van der Waals surface area contributed by atoms with Crippen LogP contribution in [0.15, 0.2) is 4.99 Å². The summed E-state index contributed by atoms with van der Waals surface area (Å²) >= 11 is 0. The quantitative estimate of drug-likeness (QED) is 0.342. The number of likely N-dealkylation sites (N-methyl/N-ethyl adjacent to an activating group) is 1. The fourth-order valence-electron chi connectivity index (χ4n) is 3.54. The number of rotatable bonds is 14. The Kier molecular flexibility index (Phi) is 10.8. The summed E-state index contributed by atoms with van der Waals surface area (Å²) in [5, 5.41) is 9.96. The van der Waals surface area contributed by atoms with Crippen LogP contribution in [-0.4, -0.2) is 41.8 Å². The summed E-state index contributed by atoms with van der Waals surface area (Å²) in [5.74, 6) is 1.21. The largest absolute Gasteiger partial charge is 0.345 e. The average Bonchev–Trinajstić information content (AvgIpc) is 2.91. The zero-order valence-corrected chi connectivity index (χ0v) is 16.0. The molecule has 0 bridgehead atoms. The molecule has 3 heteroatoms. The van der Waals surface area contributed by atoms with Gasteiger partial charge in [-0.3, -0.25) is 4.48 Å². The van der Waals surface area contributed by atoms with Crippen LogP contribution in [-0.2, 0) is 0 Å². The molecule has 0 aromatic heterocycles. The number of hydrogen-bond donors (Lipinski definition) is 1. The minimum absolute atomic E-state index is 0.325. The molecule has 136 valence electrons. The molecular weight excluding hydrogens is 284 g/mol. The number of unbranched alkanes of at least 4 members (excludes halogenated alkanes) is 11. The van der Waals surface area contributed by atoms with Gasteiger partial charge < -0.3 is 5.11 Å². The van der Waals surface area contributed by atoms with Gasteiger partial charge in [-0.25, -0.2) is 4.99 Å². The second-order valence-corrected chi connectivity index (χ2v) is 7.56. The third kappa shape index (κ3) is 7.80. The minimum atomic E-state index is -0.325. The molecule has 0 spiro atoms. The molecule has 0 saturated carbocycles. The van der Waals surface area contributed by atoms with E-state index in [1.54, 1.807) is 0 Å². The average molecular weight is 326 g/mol. The maximum atomic E-state index is 9.96. The minimum Gasteiger partial charge on any atom is -0.345 e. The molecule has 23 heavy (non-hydrogen) atoms. The van der Waals surface area contributed by atoms with E-state index in [4.69, 9.17) is 0 Å². The molecular formula is C20H41N2O+.